The first kappa shape index (κ1) is 64.8. The summed E-state index contributed by atoms with van der Waals surface area (Å²) in [6, 6.07) is 7.36. The molecule has 0 spiro atoms. The Labute approximate surface area is 424 Å². The first-order valence-corrected chi connectivity index (χ1v) is 25.0. The van der Waals surface area contributed by atoms with E-state index in [-0.39, 0.29) is 31.4 Å². The summed E-state index contributed by atoms with van der Waals surface area (Å²) in [6.07, 6.45) is -2.67. The molecule has 15 N–H and O–H groups in total. The van der Waals surface area contributed by atoms with E-state index in [4.69, 9.17) is 37.0 Å². The van der Waals surface area contributed by atoms with Crippen LogP contribution in [-0.4, -0.2) is 147 Å². The molecule has 3 rings (SSSR count). The van der Waals surface area contributed by atoms with Gasteiger partial charge in [-0.05, 0) is 104 Å². The zero-order chi connectivity index (χ0) is 55.6. The minimum Gasteiger partial charge on any atom is -0.508 e. The molecule has 0 radical (unpaired) electrons. The number of unbranched alkanes of at least 4 members (excludes halogenated alkanes) is 1. The lowest BCUT2D eigenvalue weighted by atomic mass is 10.0. The van der Waals surface area contributed by atoms with Gasteiger partial charge in [-0.1, -0.05) is 44.2 Å². The highest BCUT2D eigenvalue weighted by atomic mass is 32.2. The van der Waals surface area contributed by atoms with E-state index in [1.165, 1.54) is 35.7 Å². The molecule has 0 aliphatic heterocycles. The number of carboxylic acids is 2. The number of aromatic amines is 1. The average Bonchev–Trinajstić information content (AvgIpc) is 3.72. The molecule has 20 nitrogen and oxygen atoms in total. The third-order valence-electron chi connectivity index (χ3n) is 10.3. The molecule has 1 aromatic heterocycles. The minimum atomic E-state index is -5.08. The number of benzene rings is 2. The van der Waals surface area contributed by atoms with Crippen LogP contribution in [0, 0.1) is 5.92 Å². The number of nitrogens with two attached hydrogens (primary N) is 3. The Kier molecular flexibility index (Phi) is 28.4. The molecule has 0 unspecified atom stereocenters. The number of phenols is 1. The second-order valence-electron chi connectivity index (χ2n) is 16.4. The van der Waals surface area contributed by atoms with Crippen LogP contribution < -0.4 is 43.8 Å². The molecule has 0 aliphatic carbocycles. The van der Waals surface area contributed by atoms with Gasteiger partial charge in [0, 0.05) is 23.5 Å². The molecule has 0 saturated heterocycles. The Bertz CT molecular complexity index is 2250. The highest BCUT2D eigenvalue weighted by Gasteiger charge is 2.39. The molecule has 2 aromatic carbocycles. The van der Waals surface area contributed by atoms with Gasteiger partial charge in [-0.15, -0.1) is 0 Å². The number of H-pyrrole nitrogens is 1. The number of aromatic nitrogens is 1. The van der Waals surface area contributed by atoms with Crippen molar-refractivity contribution in [1.29, 1.82) is 0 Å². The van der Waals surface area contributed by atoms with Gasteiger partial charge in [-0.25, -0.2) is 9.59 Å². The number of fused-ring (bicyclic) bond motifs is 1. The van der Waals surface area contributed by atoms with Crippen LogP contribution >= 0.6 is 23.5 Å². The number of alkyl halides is 6. The van der Waals surface area contributed by atoms with Crippen LogP contribution in [0.4, 0.5) is 26.3 Å². The van der Waals surface area contributed by atoms with Crippen LogP contribution in [0.25, 0.3) is 10.9 Å². The van der Waals surface area contributed by atoms with E-state index in [9.17, 15) is 60.2 Å². The molecule has 28 heteroatoms. The van der Waals surface area contributed by atoms with E-state index >= 15 is 0 Å². The largest absolute Gasteiger partial charge is 0.508 e. The predicted molar refractivity (Wildman–Crippen MR) is 262 cm³/mol. The van der Waals surface area contributed by atoms with E-state index in [1.807, 2.05) is 36.8 Å². The summed E-state index contributed by atoms with van der Waals surface area (Å²) < 4.78 is 63.5. The van der Waals surface area contributed by atoms with Gasteiger partial charge < -0.3 is 64.1 Å². The summed E-state index contributed by atoms with van der Waals surface area (Å²) in [5.74, 6) is -8.64. The van der Waals surface area contributed by atoms with Crippen molar-refractivity contribution in [2.75, 3.05) is 30.6 Å². The Morgan fingerprint density at radius 3 is 1.62 bits per heavy atom. The zero-order valence-corrected chi connectivity index (χ0v) is 41.9. The summed E-state index contributed by atoms with van der Waals surface area (Å²) in [7, 11) is 0. The van der Waals surface area contributed by atoms with Crippen molar-refractivity contribution in [3.05, 3.63) is 65.9 Å². The molecule has 3 aromatic rings. The third-order valence-corrected chi connectivity index (χ3v) is 11.6. The van der Waals surface area contributed by atoms with Crippen molar-refractivity contribution in [2.24, 2.45) is 23.1 Å². The van der Waals surface area contributed by atoms with E-state index < -0.39 is 102 Å². The summed E-state index contributed by atoms with van der Waals surface area (Å²) in [4.78, 5) is 102. The van der Waals surface area contributed by atoms with Crippen molar-refractivity contribution in [3.8, 4) is 5.75 Å². The number of halogens is 6. The maximum atomic E-state index is 14.2. The van der Waals surface area contributed by atoms with Crippen molar-refractivity contribution < 1.29 is 80.0 Å². The van der Waals surface area contributed by atoms with Crippen molar-refractivity contribution in [1.82, 2.24) is 31.6 Å². The normalized spacial score (nSPS) is 13.8. The van der Waals surface area contributed by atoms with Gasteiger partial charge in [-0.2, -0.15) is 49.9 Å². The van der Waals surface area contributed by atoms with Gasteiger partial charge in [0.1, 0.15) is 36.0 Å². The van der Waals surface area contributed by atoms with Gasteiger partial charge in [0.05, 0.1) is 6.04 Å². The fraction of sp³-hybridized carbons (Fsp3) is 0.511. The summed E-state index contributed by atoms with van der Waals surface area (Å²) in [5.41, 5.74) is 20.0. The van der Waals surface area contributed by atoms with Gasteiger partial charge >= 0.3 is 24.3 Å². The molecule has 6 atom stereocenters. The standard InChI is InChI=1S/C41H61N9O7S2.2C2HF3O2/c1-24(2)35(41(57)46-31(36(44)52)16-19-58-3)50-39(55)33(17-20-59-4)48-40(56)34(21-25-12-14-27(51)15-13-25)49-38(54)32(11-7-8-18-42)47-37(53)29(43)22-26-23-45-30-10-6-5-9-28(26)30;2*3-2(4,5)1(6)7/h5-6,9-10,12-15,23-24,29,31-35,45,51H,7-8,11,16-22,42-43H2,1-4H3,(H2,44,52)(H,46,57)(H,47,53)(H,48,56)(H,49,54)(H,50,55);2*(H,6,7)/t29-,31+,32-,33-,34-,35-;;/m0../s1. The van der Waals surface area contributed by atoms with Crippen LogP contribution in [0.2, 0.25) is 0 Å². The highest BCUT2D eigenvalue weighted by Crippen LogP contribution is 2.20. The van der Waals surface area contributed by atoms with Crippen molar-refractivity contribution >= 4 is 81.8 Å². The Morgan fingerprint density at radius 1 is 0.644 bits per heavy atom. The number of para-hydroxylation sites is 1. The molecule has 1 heterocycles. The molecule has 6 amide bonds. The quantitative estimate of drug-likeness (QED) is 0.0406. The van der Waals surface area contributed by atoms with Gasteiger partial charge in [-0.3, -0.25) is 28.8 Å². The molecular weight excluding hydrogens is 1020 g/mol. The second kappa shape index (κ2) is 32.0. The lowest BCUT2D eigenvalue weighted by molar-refractivity contribution is -0.193. The lowest BCUT2D eigenvalue weighted by Gasteiger charge is -2.28. The van der Waals surface area contributed by atoms with E-state index in [1.54, 1.807) is 32.2 Å². The summed E-state index contributed by atoms with van der Waals surface area (Å²) >= 11 is 2.95. The van der Waals surface area contributed by atoms with Crippen LogP contribution in [-0.2, 0) is 51.2 Å². The number of nitrogens with one attached hydrogen (secondary N) is 6. The fourth-order valence-electron chi connectivity index (χ4n) is 6.37. The highest BCUT2D eigenvalue weighted by molar-refractivity contribution is 7.98. The fourth-order valence-corrected chi connectivity index (χ4v) is 7.31. The maximum absolute atomic E-state index is 14.2. The first-order valence-electron chi connectivity index (χ1n) is 22.2. The first-order chi connectivity index (χ1) is 34.1. The summed E-state index contributed by atoms with van der Waals surface area (Å²) in [6.45, 7) is 3.85. The van der Waals surface area contributed by atoms with Gasteiger partial charge in [0.2, 0.25) is 35.4 Å². The van der Waals surface area contributed by atoms with Crippen LogP contribution in [0.1, 0.15) is 57.1 Å². The van der Waals surface area contributed by atoms with E-state index in [0.717, 1.165) is 16.5 Å². The molecule has 408 valence electrons. The number of carboxylic acid groups (broad SMARTS) is 2. The van der Waals surface area contributed by atoms with Crippen molar-refractivity contribution in [2.45, 2.75) is 107 Å². The van der Waals surface area contributed by atoms with Crippen molar-refractivity contribution in [3.63, 3.8) is 0 Å². The van der Waals surface area contributed by atoms with Crippen LogP contribution in [0.3, 0.4) is 0 Å². The average molecular weight is 1080 g/mol. The number of aromatic hydroxyl groups is 1. The third kappa shape index (κ3) is 24.3. The van der Waals surface area contributed by atoms with E-state index in [2.05, 4.69) is 31.6 Å². The molecule has 0 fully saturated rings. The Hall–Kier alpha value is -6.26. The SMILES string of the molecule is CSCC[C@H](NC(=O)[C@H](Cc1ccc(O)cc1)NC(=O)[C@H](CCCCN)NC(=O)[C@@H](N)Cc1c[nH]c2ccccc12)C(=O)N[C@H](C(=O)N[C@H](CCSC)C(N)=O)C(C)C.O=C(O)C(F)(F)F.O=C(O)C(F)(F)F. The molecule has 0 bridgehead atoms. The Balaban J connectivity index is 0.00000166. The number of primary amides is 1. The number of carbonyl (C=O) groups excluding carboxylic acids is 6. The Morgan fingerprint density at radius 2 is 1.11 bits per heavy atom. The van der Waals surface area contributed by atoms with E-state index in [0.29, 0.717) is 42.9 Å². The van der Waals surface area contributed by atoms with Crippen LogP contribution in [0.15, 0.2) is 54.7 Å². The second-order valence-corrected chi connectivity index (χ2v) is 18.3. The zero-order valence-electron chi connectivity index (χ0n) is 40.2. The monoisotopic (exact) mass is 1080 g/mol. The van der Waals surface area contributed by atoms with Gasteiger partial charge in [0.25, 0.3) is 0 Å². The molecule has 73 heavy (non-hydrogen) atoms. The lowest BCUT2D eigenvalue weighted by Crippen LogP contribution is -2.60. The number of hydrogen-bond acceptors (Lipinski definition) is 13. The topological polar surface area (TPSA) is 351 Å². The number of hydrogen-bond donors (Lipinski definition) is 12. The number of carbonyl (C=O) groups is 8. The molecule has 0 aliphatic rings. The maximum Gasteiger partial charge on any atom is 0.490 e. The number of amides is 6. The molecule has 0 saturated carbocycles. The van der Waals surface area contributed by atoms with Crippen LogP contribution in [0.5, 0.6) is 5.75 Å². The smallest absolute Gasteiger partial charge is 0.490 e. The number of aliphatic carboxylic acids is 2. The number of thioether (sulfide) groups is 2. The minimum absolute atomic E-state index is 0.00869. The predicted octanol–water partition coefficient (Wildman–Crippen LogP) is 2.45. The number of phenolic OH excluding ortho intramolecular Hbond substituents is 1. The van der Waals surface area contributed by atoms with Gasteiger partial charge in [0.15, 0.2) is 0 Å². The molecular formula is C45H63F6N9O11S2. The summed E-state index contributed by atoms with van der Waals surface area (Å²) in [5, 5.41) is 38.9. The number of rotatable bonds is 26.